The van der Waals surface area contributed by atoms with Gasteiger partial charge in [-0.15, -0.1) is 0 Å². The summed E-state index contributed by atoms with van der Waals surface area (Å²) in [5, 5.41) is 14.5. The number of piperidine rings is 1. The number of rotatable bonds is 4. The first-order chi connectivity index (χ1) is 12.0. The summed E-state index contributed by atoms with van der Waals surface area (Å²) in [6, 6.07) is 3.36. The molecule has 0 unspecified atom stereocenters. The van der Waals surface area contributed by atoms with E-state index < -0.39 is 0 Å². The third kappa shape index (κ3) is 3.35. The molecule has 2 aromatic rings. The van der Waals surface area contributed by atoms with Gasteiger partial charge < -0.3 is 10.4 Å². The maximum atomic E-state index is 12.8. The van der Waals surface area contributed by atoms with Crippen molar-refractivity contribution < 1.29 is 5.11 Å². The molecule has 4 rings (SSSR count). The Morgan fingerprint density at radius 1 is 1.44 bits per heavy atom. The Kier molecular flexibility index (Phi) is 4.38. The van der Waals surface area contributed by atoms with E-state index in [9.17, 15) is 9.90 Å². The highest BCUT2D eigenvalue weighted by molar-refractivity contribution is 6.45. The van der Waals surface area contributed by atoms with E-state index in [-0.39, 0.29) is 23.1 Å². The van der Waals surface area contributed by atoms with Crippen LogP contribution in [0.2, 0.25) is 5.02 Å². The van der Waals surface area contributed by atoms with Crippen molar-refractivity contribution in [1.82, 2.24) is 14.9 Å². The molecule has 1 aliphatic carbocycles. The van der Waals surface area contributed by atoms with Crippen LogP contribution < -0.4 is 16.3 Å². The molecule has 1 saturated carbocycles. The van der Waals surface area contributed by atoms with Gasteiger partial charge in [-0.3, -0.25) is 9.36 Å². The van der Waals surface area contributed by atoms with Crippen molar-refractivity contribution in [3.63, 3.8) is 0 Å². The predicted octanol–water partition coefficient (Wildman–Crippen LogP) is 1.13. The Bertz CT molecular complexity index is 865. The molecule has 2 N–H and O–H groups in total. The van der Waals surface area contributed by atoms with Crippen molar-refractivity contribution in [1.29, 1.82) is 0 Å². The lowest BCUT2D eigenvalue weighted by Crippen LogP contribution is -2.46. The number of hydrogen-bond acceptors (Lipinski definition) is 4. The van der Waals surface area contributed by atoms with Gasteiger partial charge in [-0.2, -0.15) is 0 Å². The zero-order valence-corrected chi connectivity index (χ0v) is 14.8. The number of nitrogens with one attached hydrogen (secondary N) is 1. The SMILES string of the molecule is [B]c1cc2ncn(CC3(C[C@H]4NCCC[C@@H]4O)CC3)c(=O)c2cc1Cl. The maximum absolute atomic E-state index is 12.8. The summed E-state index contributed by atoms with van der Waals surface area (Å²) in [5.41, 5.74) is 0.981. The van der Waals surface area contributed by atoms with Crippen molar-refractivity contribution in [2.75, 3.05) is 6.54 Å². The van der Waals surface area contributed by atoms with Gasteiger partial charge in [0.15, 0.2) is 0 Å². The first-order valence-corrected chi connectivity index (χ1v) is 9.21. The Balaban J connectivity index is 1.59. The van der Waals surface area contributed by atoms with Crippen LogP contribution in [0.3, 0.4) is 0 Å². The van der Waals surface area contributed by atoms with Crippen LogP contribution in [0.5, 0.6) is 0 Å². The topological polar surface area (TPSA) is 67.2 Å². The van der Waals surface area contributed by atoms with Crippen molar-refractivity contribution in [2.45, 2.75) is 50.8 Å². The van der Waals surface area contributed by atoms with Crippen LogP contribution in [-0.2, 0) is 6.54 Å². The number of aromatic nitrogens is 2. The van der Waals surface area contributed by atoms with E-state index in [1.54, 1.807) is 23.0 Å². The maximum Gasteiger partial charge on any atom is 0.261 e. The Labute approximate surface area is 152 Å². The molecule has 1 aliphatic heterocycles. The molecular formula is C18H21BClN3O2. The van der Waals surface area contributed by atoms with Crippen molar-refractivity contribution >= 4 is 35.8 Å². The fraction of sp³-hybridized carbons (Fsp3) is 0.556. The second-order valence-electron chi connectivity index (χ2n) is 7.54. The Hall–Kier alpha value is -1.37. The molecule has 130 valence electrons. The van der Waals surface area contributed by atoms with Crippen LogP contribution in [0, 0.1) is 5.41 Å². The molecule has 2 aliphatic rings. The number of nitrogens with zero attached hydrogens (tertiary/aromatic N) is 2. The highest BCUT2D eigenvalue weighted by atomic mass is 35.5. The lowest BCUT2D eigenvalue weighted by molar-refractivity contribution is 0.0793. The number of aliphatic hydroxyl groups excluding tert-OH is 1. The third-order valence-corrected chi connectivity index (χ3v) is 5.93. The van der Waals surface area contributed by atoms with Crippen LogP contribution >= 0.6 is 11.6 Å². The summed E-state index contributed by atoms with van der Waals surface area (Å²) in [7, 11) is 5.79. The van der Waals surface area contributed by atoms with Crippen molar-refractivity contribution in [3.05, 3.63) is 33.8 Å². The van der Waals surface area contributed by atoms with Gasteiger partial charge >= 0.3 is 0 Å². The van der Waals surface area contributed by atoms with Crippen molar-refractivity contribution in [3.8, 4) is 0 Å². The smallest absolute Gasteiger partial charge is 0.261 e. The van der Waals surface area contributed by atoms with E-state index in [1.165, 1.54) is 0 Å². The average molecular weight is 358 g/mol. The molecular weight excluding hydrogens is 336 g/mol. The number of hydrogen-bond donors (Lipinski definition) is 2. The fourth-order valence-electron chi connectivity index (χ4n) is 3.88. The van der Waals surface area contributed by atoms with Gasteiger partial charge in [0.25, 0.3) is 5.56 Å². The lowest BCUT2D eigenvalue weighted by Gasteiger charge is -2.32. The molecule has 0 amide bonds. The molecule has 7 heteroatoms. The molecule has 5 nitrogen and oxygen atoms in total. The number of aliphatic hydroxyl groups is 1. The van der Waals surface area contributed by atoms with Crippen LogP contribution in [0.25, 0.3) is 10.9 Å². The molecule has 2 heterocycles. The quantitative estimate of drug-likeness (QED) is 0.805. The van der Waals surface area contributed by atoms with Crippen LogP contribution in [0.1, 0.15) is 32.1 Å². The number of fused-ring (bicyclic) bond motifs is 1. The Morgan fingerprint density at radius 2 is 2.24 bits per heavy atom. The summed E-state index contributed by atoms with van der Waals surface area (Å²) in [6.07, 6.45) is 6.22. The van der Waals surface area contributed by atoms with Crippen molar-refractivity contribution in [2.24, 2.45) is 5.41 Å². The summed E-state index contributed by atoms with van der Waals surface area (Å²) >= 11 is 6.07. The summed E-state index contributed by atoms with van der Waals surface area (Å²) in [6.45, 7) is 1.58. The van der Waals surface area contributed by atoms with Gasteiger partial charge in [0.1, 0.15) is 7.85 Å². The first kappa shape index (κ1) is 17.1. The zero-order valence-electron chi connectivity index (χ0n) is 14.0. The second kappa shape index (κ2) is 6.42. The van der Waals surface area contributed by atoms with Crippen LogP contribution in [-0.4, -0.2) is 41.2 Å². The number of benzene rings is 1. The van der Waals surface area contributed by atoms with Crippen LogP contribution in [0.4, 0.5) is 0 Å². The van der Waals surface area contributed by atoms with Gasteiger partial charge in [0.2, 0.25) is 0 Å². The molecule has 2 atom stereocenters. The second-order valence-corrected chi connectivity index (χ2v) is 7.95. The van der Waals surface area contributed by atoms with E-state index in [0.717, 1.165) is 38.6 Å². The standard InChI is InChI=1S/C18H21BClN3O2/c19-12-7-14-11(6-13(12)20)17(25)23(10-22-14)9-18(3-4-18)8-15-16(24)2-1-5-21-15/h6-7,10,15-16,21,24H,1-5,8-9H2/t15-,16+/m1/s1. The Morgan fingerprint density at radius 3 is 2.96 bits per heavy atom. The van der Waals surface area contributed by atoms with Gasteiger partial charge in [-0.1, -0.05) is 17.1 Å². The molecule has 25 heavy (non-hydrogen) atoms. The van der Waals surface area contributed by atoms with E-state index in [0.29, 0.717) is 27.9 Å². The molecule has 2 radical (unpaired) electrons. The predicted molar refractivity (Wildman–Crippen MR) is 99.7 cm³/mol. The van der Waals surface area contributed by atoms with Gasteiger partial charge in [-0.05, 0) is 56.2 Å². The molecule has 1 aromatic heterocycles. The minimum atomic E-state index is -0.292. The fourth-order valence-corrected chi connectivity index (χ4v) is 4.05. The molecule has 2 fully saturated rings. The van der Waals surface area contributed by atoms with Crippen LogP contribution in [0.15, 0.2) is 23.3 Å². The van der Waals surface area contributed by atoms with E-state index >= 15 is 0 Å². The van der Waals surface area contributed by atoms with E-state index in [4.69, 9.17) is 19.4 Å². The van der Waals surface area contributed by atoms with Gasteiger partial charge in [0, 0.05) is 17.6 Å². The van der Waals surface area contributed by atoms with Gasteiger partial charge in [0.05, 0.1) is 23.3 Å². The largest absolute Gasteiger partial charge is 0.392 e. The molecule has 0 spiro atoms. The average Bonchev–Trinajstić information content (AvgIpc) is 3.34. The summed E-state index contributed by atoms with van der Waals surface area (Å²) in [5.74, 6) is 0. The minimum Gasteiger partial charge on any atom is -0.392 e. The first-order valence-electron chi connectivity index (χ1n) is 8.83. The van der Waals surface area contributed by atoms with E-state index in [1.807, 2.05) is 0 Å². The minimum absolute atomic E-state index is 0.0762. The molecule has 1 aromatic carbocycles. The summed E-state index contributed by atoms with van der Waals surface area (Å²) < 4.78 is 1.68. The van der Waals surface area contributed by atoms with E-state index in [2.05, 4.69) is 10.3 Å². The van der Waals surface area contributed by atoms with Gasteiger partial charge in [-0.25, -0.2) is 4.98 Å². The highest BCUT2D eigenvalue weighted by Gasteiger charge is 2.46. The monoisotopic (exact) mass is 357 g/mol. The number of halogens is 1. The molecule has 1 saturated heterocycles. The molecule has 0 bridgehead atoms. The normalized spacial score (nSPS) is 25.2. The third-order valence-electron chi connectivity index (χ3n) is 5.61. The lowest BCUT2D eigenvalue weighted by atomic mass is 9.89. The zero-order chi connectivity index (χ0) is 17.6. The summed E-state index contributed by atoms with van der Waals surface area (Å²) in [4.78, 5) is 17.2. The highest BCUT2D eigenvalue weighted by Crippen LogP contribution is 2.51.